The molecule has 0 aromatic rings. The molecule has 0 N–H and O–H groups in total. The molecule has 3 heteroatoms. The molecule has 0 aliphatic heterocycles. The van der Waals surface area contributed by atoms with Crippen LogP contribution in [0.3, 0.4) is 0 Å². The van der Waals surface area contributed by atoms with E-state index in [1.807, 2.05) is 13.8 Å². The molecule has 3 nitrogen and oxygen atoms in total. The molecule has 1 fully saturated rings. The Bertz CT molecular complexity index is 208. The topological polar surface area (TPSA) is 43.4 Å². The Morgan fingerprint density at radius 2 is 2.17 bits per heavy atom. The molecule has 1 aliphatic carbocycles. The first-order valence-corrected chi connectivity index (χ1v) is 4.17. The fourth-order valence-electron chi connectivity index (χ4n) is 1.61. The molecular formula is C9H14O3. The fraction of sp³-hybridized carbons (Fsp3) is 0.778. The highest BCUT2D eigenvalue weighted by Crippen LogP contribution is 2.57. The molecule has 1 aliphatic rings. The van der Waals surface area contributed by atoms with Gasteiger partial charge in [0.2, 0.25) is 0 Å². The van der Waals surface area contributed by atoms with Crippen molar-refractivity contribution in [3.8, 4) is 0 Å². The Morgan fingerprint density at radius 1 is 1.58 bits per heavy atom. The Labute approximate surface area is 72.1 Å². The molecule has 0 spiro atoms. The zero-order chi connectivity index (χ0) is 9.35. The van der Waals surface area contributed by atoms with Gasteiger partial charge in [-0.25, -0.2) is 0 Å². The van der Waals surface area contributed by atoms with Crippen molar-refractivity contribution in [1.29, 1.82) is 0 Å². The first kappa shape index (κ1) is 9.23. The van der Waals surface area contributed by atoms with Crippen molar-refractivity contribution in [3.05, 3.63) is 0 Å². The summed E-state index contributed by atoms with van der Waals surface area (Å²) >= 11 is 0. The minimum Gasteiger partial charge on any atom is -0.466 e. The molecule has 2 atom stereocenters. The molecule has 1 saturated carbocycles. The Hall–Kier alpha value is -0.860. The Morgan fingerprint density at radius 3 is 2.50 bits per heavy atom. The highest BCUT2D eigenvalue weighted by Gasteiger charge is 2.62. The predicted molar refractivity (Wildman–Crippen MR) is 43.5 cm³/mol. The lowest BCUT2D eigenvalue weighted by Crippen LogP contribution is -2.10. The molecular weight excluding hydrogens is 156 g/mol. The summed E-state index contributed by atoms with van der Waals surface area (Å²) < 4.78 is 4.84. The van der Waals surface area contributed by atoms with Crippen molar-refractivity contribution in [2.24, 2.45) is 17.3 Å². The van der Waals surface area contributed by atoms with E-state index < -0.39 is 0 Å². The van der Waals surface area contributed by atoms with Crippen LogP contribution in [-0.2, 0) is 14.3 Å². The zero-order valence-corrected chi connectivity index (χ0v) is 7.66. The van der Waals surface area contributed by atoms with Gasteiger partial charge in [0.1, 0.15) is 6.29 Å². The summed E-state index contributed by atoms with van der Waals surface area (Å²) in [7, 11) is 0. The van der Waals surface area contributed by atoms with Crippen molar-refractivity contribution in [2.45, 2.75) is 20.8 Å². The summed E-state index contributed by atoms with van der Waals surface area (Å²) in [5.41, 5.74) is -0.187. The number of carbonyl (C=O) groups excluding carboxylic acids is 2. The number of hydrogen-bond acceptors (Lipinski definition) is 3. The summed E-state index contributed by atoms with van der Waals surface area (Å²) in [6.07, 6.45) is 0.849. The number of rotatable bonds is 3. The van der Waals surface area contributed by atoms with Gasteiger partial charge in [-0.1, -0.05) is 13.8 Å². The standard InChI is InChI=1S/C9H14O3/c1-4-12-8(11)7-6(5-10)9(7,2)3/h5-7H,4H2,1-3H3/t6-,7+/m1/s1. The molecule has 0 aromatic heterocycles. The number of esters is 1. The zero-order valence-electron chi connectivity index (χ0n) is 7.66. The first-order chi connectivity index (χ1) is 5.55. The Kier molecular flexibility index (Phi) is 2.22. The van der Waals surface area contributed by atoms with Crippen molar-refractivity contribution < 1.29 is 14.3 Å². The third-order valence-corrected chi connectivity index (χ3v) is 2.60. The minimum atomic E-state index is -0.236. The van der Waals surface area contributed by atoms with Gasteiger partial charge in [-0.05, 0) is 12.3 Å². The third-order valence-electron chi connectivity index (χ3n) is 2.60. The summed E-state index contributed by atoms with van der Waals surface area (Å²) in [5, 5.41) is 0. The van der Waals surface area contributed by atoms with Crippen LogP contribution >= 0.6 is 0 Å². The number of carbonyl (C=O) groups is 2. The molecule has 0 saturated heterocycles. The average Bonchev–Trinajstić information content (AvgIpc) is 2.53. The SMILES string of the molecule is CCOC(=O)[C@@H]1[C@@H](C=O)C1(C)C. The van der Waals surface area contributed by atoms with Crippen LogP contribution in [0.2, 0.25) is 0 Å². The van der Waals surface area contributed by atoms with E-state index in [1.165, 1.54) is 0 Å². The molecule has 0 radical (unpaired) electrons. The van der Waals surface area contributed by atoms with Crippen LogP contribution in [-0.4, -0.2) is 18.9 Å². The summed E-state index contributed by atoms with van der Waals surface area (Å²) in [6.45, 7) is 5.97. The normalized spacial score (nSPS) is 30.9. The van der Waals surface area contributed by atoms with Gasteiger partial charge < -0.3 is 9.53 Å². The molecule has 0 amide bonds. The van der Waals surface area contributed by atoms with Crippen LogP contribution < -0.4 is 0 Å². The highest BCUT2D eigenvalue weighted by atomic mass is 16.5. The lowest BCUT2D eigenvalue weighted by atomic mass is 10.1. The van der Waals surface area contributed by atoms with E-state index in [9.17, 15) is 9.59 Å². The summed E-state index contributed by atoms with van der Waals surface area (Å²) in [5.74, 6) is -0.592. The van der Waals surface area contributed by atoms with Gasteiger partial charge in [-0.15, -0.1) is 0 Å². The van der Waals surface area contributed by atoms with Gasteiger partial charge in [0, 0.05) is 5.92 Å². The van der Waals surface area contributed by atoms with Crippen LogP contribution in [0.15, 0.2) is 0 Å². The fourth-order valence-corrected chi connectivity index (χ4v) is 1.61. The first-order valence-electron chi connectivity index (χ1n) is 4.17. The van der Waals surface area contributed by atoms with Crippen LogP contribution in [0.5, 0.6) is 0 Å². The minimum absolute atomic E-state index is 0.142. The maximum atomic E-state index is 11.2. The molecule has 0 unspecified atom stereocenters. The molecule has 0 heterocycles. The molecule has 1 rings (SSSR count). The number of hydrogen-bond donors (Lipinski definition) is 0. The average molecular weight is 170 g/mol. The lowest BCUT2D eigenvalue weighted by molar-refractivity contribution is -0.146. The van der Waals surface area contributed by atoms with E-state index in [4.69, 9.17) is 4.74 Å². The van der Waals surface area contributed by atoms with Gasteiger partial charge in [0.05, 0.1) is 12.5 Å². The van der Waals surface area contributed by atoms with Gasteiger partial charge >= 0.3 is 5.97 Å². The second kappa shape index (κ2) is 2.88. The van der Waals surface area contributed by atoms with Crippen molar-refractivity contribution >= 4 is 12.3 Å². The largest absolute Gasteiger partial charge is 0.466 e. The second-order valence-electron chi connectivity index (χ2n) is 3.71. The predicted octanol–water partition coefficient (Wildman–Crippen LogP) is 1.02. The van der Waals surface area contributed by atoms with Crippen LogP contribution in [0, 0.1) is 17.3 Å². The van der Waals surface area contributed by atoms with E-state index in [0.29, 0.717) is 6.61 Å². The molecule has 0 bridgehead atoms. The lowest BCUT2D eigenvalue weighted by Gasteiger charge is -2.01. The maximum Gasteiger partial charge on any atom is 0.310 e. The maximum absolute atomic E-state index is 11.2. The van der Waals surface area contributed by atoms with Gasteiger partial charge in [-0.2, -0.15) is 0 Å². The summed E-state index contributed by atoms with van der Waals surface area (Å²) in [6, 6.07) is 0. The van der Waals surface area contributed by atoms with Gasteiger partial charge in [-0.3, -0.25) is 4.79 Å². The quantitative estimate of drug-likeness (QED) is 0.469. The van der Waals surface area contributed by atoms with E-state index in [1.54, 1.807) is 6.92 Å². The van der Waals surface area contributed by atoms with E-state index in [2.05, 4.69) is 0 Å². The number of aldehydes is 1. The van der Waals surface area contributed by atoms with Crippen LogP contribution in [0.25, 0.3) is 0 Å². The van der Waals surface area contributed by atoms with Gasteiger partial charge in [0.25, 0.3) is 0 Å². The van der Waals surface area contributed by atoms with E-state index >= 15 is 0 Å². The number of ether oxygens (including phenoxy) is 1. The van der Waals surface area contributed by atoms with Crippen molar-refractivity contribution in [2.75, 3.05) is 6.61 Å². The monoisotopic (exact) mass is 170 g/mol. The van der Waals surface area contributed by atoms with Gasteiger partial charge in [0.15, 0.2) is 0 Å². The summed E-state index contributed by atoms with van der Waals surface area (Å²) in [4.78, 5) is 21.7. The second-order valence-corrected chi connectivity index (χ2v) is 3.71. The van der Waals surface area contributed by atoms with Crippen LogP contribution in [0.1, 0.15) is 20.8 Å². The molecule has 0 aromatic carbocycles. The van der Waals surface area contributed by atoms with Crippen molar-refractivity contribution in [1.82, 2.24) is 0 Å². The van der Waals surface area contributed by atoms with E-state index in [-0.39, 0.29) is 23.2 Å². The van der Waals surface area contributed by atoms with Crippen molar-refractivity contribution in [3.63, 3.8) is 0 Å². The van der Waals surface area contributed by atoms with E-state index in [0.717, 1.165) is 6.29 Å². The van der Waals surface area contributed by atoms with Crippen LogP contribution in [0.4, 0.5) is 0 Å². The third kappa shape index (κ3) is 1.24. The smallest absolute Gasteiger partial charge is 0.310 e. The Balaban J connectivity index is 2.57. The molecule has 12 heavy (non-hydrogen) atoms. The molecule has 68 valence electrons. The highest BCUT2D eigenvalue weighted by molar-refractivity contribution is 5.84.